The maximum absolute atomic E-state index is 13.2. The van der Waals surface area contributed by atoms with Crippen molar-refractivity contribution in [3.05, 3.63) is 0 Å². The van der Waals surface area contributed by atoms with Crippen LogP contribution in [0.3, 0.4) is 0 Å². The van der Waals surface area contributed by atoms with E-state index >= 15 is 0 Å². The van der Waals surface area contributed by atoms with E-state index in [-0.39, 0.29) is 36.1 Å². The highest BCUT2D eigenvalue weighted by Gasteiger charge is 2.31. The van der Waals surface area contributed by atoms with Crippen molar-refractivity contribution in [3.63, 3.8) is 0 Å². The fourth-order valence-electron chi connectivity index (χ4n) is 3.55. The number of ketones is 1. The first kappa shape index (κ1) is 24.5. The largest absolute Gasteiger partial charge is 0.380 e. The molecule has 1 aliphatic carbocycles. The fourth-order valence-corrected chi connectivity index (χ4v) is 3.55. The van der Waals surface area contributed by atoms with Crippen LogP contribution in [0.1, 0.15) is 39.0 Å². The molecule has 28 heavy (non-hydrogen) atoms. The molecule has 2 atom stereocenters. The smallest absolute Gasteiger partial charge is 0.324 e. The maximum Gasteiger partial charge on any atom is 0.324 e. The van der Waals surface area contributed by atoms with Gasteiger partial charge in [-0.3, -0.25) is 14.5 Å². The van der Waals surface area contributed by atoms with Crippen molar-refractivity contribution in [2.24, 2.45) is 11.8 Å². The third kappa shape index (κ3) is 9.12. The molecule has 0 aliphatic heterocycles. The quantitative estimate of drug-likeness (QED) is 0.479. The van der Waals surface area contributed by atoms with E-state index in [1.807, 2.05) is 25.9 Å². The summed E-state index contributed by atoms with van der Waals surface area (Å²) in [6.45, 7) is 4.62. The summed E-state index contributed by atoms with van der Waals surface area (Å²) in [5, 5.41) is 5.89. The monoisotopic (exact) mass is 398 g/mol. The maximum atomic E-state index is 13.2. The van der Waals surface area contributed by atoms with Gasteiger partial charge in [-0.15, -0.1) is 0 Å². The highest BCUT2D eigenvalue weighted by atomic mass is 16.5. The minimum atomic E-state index is -0.382. The number of carbonyl (C=O) groups is 3. The Morgan fingerprint density at radius 2 is 2.04 bits per heavy atom. The number of imide groups is 1. The number of rotatable bonds is 12. The predicted molar refractivity (Wildman–Crippen MR) is 109 cm³/mol. The number of nitrogens with zero attached hydrogens (tertiary/aromatic N) is 2. The van der Waals surface area contributed by atoms with E-state index in [1.165, 1.54) is 4.90 Å². The molecule has 1 rings (SSSR count). The Morgan fingerprint density at radius 3 is 2.64 bits per heavy atom. The lowest BCUT2D eigenvalue weighted by atomic mass is 9.81. The van der Waals surface area contributed by atoms with Crippen LogP contribution in [0.25, 0.3) is 0 Å². The summed E-state index contributed by atoms with van der Waals surface area (Å²) < 4.78 is 5.37. The van der Waals surface area contributed by atoms with Crippen molar-refractivity contribution >= 4 is 17.7 Å². The van der Waals surface area contributed by atoms with Crippen molar-refractivity contribution in [2.75, 3.05) is 60.5 Å². The molecule has 0 aromatic rings. The van der Waals surface area contributed by atoms with E-state index < -0.39 is 0 Å². The first-order valence-electron chi connectivity index (χ1n) is 10.4. The number of hydrogen-bond acceptors (Lipinski definition) is 6. The van der Waals surface area contributed by atoms with E-state index in [0.717, 1.165) is 12.8 Å². The van der Waals surface area contributed by atoms with Crippen molar-refractivity contribution in [1.29, 1.82) is 0 Å². The Balaban J connectivity index is 2.78. The summed E-state index contributed by atoms with van der Waals surface area (Å²) in [7, 11) is 5.66. The van der Waals surface area contributed by atoms with E-state index in [4.69, 9.17) is 4.74 Å². The van der Waals surface area contributed by atoms with Gasteiger partial charge in [-0.2, -0.15) is 0 Å². The van der Waals surface area contributed by atoms with Crippen LogP contribution in [0, 0.1) is 11.8 Å². The molecule has 0 saturated heterocycles. The van der Waals surface area contributed by atoms with Crippen LogP contribution in [0.15, 0.2) is 0 Å². The minimum absolute atomic E-state index is 0.200. The Bertz CT molecular complexity index is 499. The number of ether oxygens (including phenoxy) is 1. The summed E-state index contributed by atoms with van der Waals surface area (Å²) in [4.78, 5) is 40.9. The molecule has 0 aromatic heterocycles. The zero-order chi connectivity index (χ0) is 20.9. The fraction of sp³-hybridized carbons (Fsp3) is 0.850. The molecule has 0 radical (unpaired) electrons. The van der Waals surface area contributed by atoms with Crippen molar-refractivity contribution in [1.82, 2.24) is 20.4 Å². The number of nitrogens with one attached hydrogen (secondary N) is 2. The van der Waals surface area contributed by atoms with Crippen LogP contribution in [-0.2, 0) is 14.3 Å². The van der Waals surface area contributed by atoms with Crippen LogP contribution in [0.2, 0.25) is 0 Å². The molecular weight excluding hydrogens is 360 g/mol. The lowest BCUT2D eigenvalue weighted by Crippen LogP contribution is -2.50. The molecule has 2 N–H and O–H groups in total. The highest BCUT2D eigenvalue weighted by Crippen LogP contribution is 2.28. The van der Waals surface area contributed by atoms with Gasteiger partial charge in [-0.1, -0.05) is 0 Å². The third-order valence-corrected chi connectivity index (χ3v) is 5.01. The van der Waals surface area contributed by atoms with Crippen molar-refractivity contribution in [3.8, 4) is 0 Å². The van der Waals surface area contributed by atoms with Crippen LogP contribution < -0.4 is 10.6 Å². The number of urea groups is 1. The number of likely N-dealkylation sites (N-methyl/N-ethyl adjacent to an activating group) is 1. The molecule has 0 aromatic carbocycles. The van der Waals surface area contributed by atoms with Crippen LogP contribution in [0.5, 0.6) is 0 Å². The van der Waals surface area contributed by atoms with Gasteiger partial charge >= 0.3 is 6.03 Å². The molecule has 162 valence electrons. The van der Waals surface area contributed by atoms with Crippen LogP contribution in [-0.4, -0.2) is 88.1 Å². The zero-order valence-electron chi connectivity index (χ0n) is 18.0. The van der Waals surface area contributed by atoms with Gasteiger partial charge < -0.3 is 20.3 Å². The van der Waals surface area contributed by atoms with Gasteiger partial charge in [0.25, 0.3) is 0 Å². The molecule has 8 heteroatoms. The van der Waals surface area contributed by atoms with E-state index in [1.54, 1.807) is 7.05 Å². The molecule has 1 fully saturated rings. The van der Waals surface area contributed by atoms with Crippen LogP contribution >= 0.6 is 0 Å². The average Bonchev–Trinajstić information content (AvgIpc) is 2.64. The summed E-state index contributed by atoms with van der Waals surface area (Å²) in [6, 6.07) is -0.382. The normalized spacial score (nSPS) is 18.2. The van der Waals surface area contributed by atoms with Gasteiger partial charge in [0.2, 0.25) is 5.91 Å². The second-order valence-electron chi connectivity index (χ2n) is 7.71. The highest BCUT2D eigenvalue weighted by molar-refractivity contribution is 5.95. The van der Waals surface area contributed by atoms with Gasteiger partial charge in [0.1, 0.15) is 5.78 Å². The number of hydrogen-bond donors (Lipinski definition) is 2. The molecule has 1 saturated carbocycles. The molecule has 3 amide bonds. The predicted octanol–water partition coefficient (Wildman–Crippen LogP) is 1.11. The van der Waals surface area contributed by atoms with Gasteiger partial charge in [-0.25, -0.2) is 4.79 Å². The van der Waals surface area contributed by atoms with Crippen molar-refractivity contribution < 1.29 is 19.1 Å². The molecule has 0 heterocycles. The topological polar surface area (TPSA) is 91.0 Å². The number of carbonyl (C=O) groups excluding carboxylic acids is 3. The third-order valence-electron chi connectivity index (χ3n) is 5.01. The zero-order valence-corrected chi connectivity index (χ0v) is 18.0. The summed E-state index contributed by atoms with van der Waals surface area (Å²) in [6.07, 6.45) is 3.68. The molecule has 0 spiro atoms. The standard InChI is InChI=1S/C20H38N4O4/c1-5-28-12-11-24(20(27)22-9-10-23(3)4)19(26)17(15-21-2)13-16-7-6-8-18(25)14-16/h16-17,21H,5-15H2,1-4H3,(H,22,27). The minimum Gasteiger partial charge on any atom is -0.380 e. The van der Waals surface area contributed by atoms with E-state index in [2.05, 4.69) is 10.6 Å². The second-order valence-corrected chi connectivity index (χ2v) is 7.71. The van der Waals surface area contributed by atoms with Crippen LogP contribution in [0.4, 0.5) is 4.79 Å². The second kappa shape index (κ2) is 13.6. The Labute approximate surface area is 169 Å². The first-order valence-corrected chi connectivity index (χ1v) is 10.4. The van der Waals surface area contributed by atoms with Gasteiger partial charge in [-0.05, 0) is 53.2 Å². The van der Waals surface area contributed by atoms with Crippen molar-refractivity contribution in [2.45, 2.75) is 39.0 Å². The van der Waals surface area contributed by atoms with E-state index in [0.29, 0.717) is 52.1 Å². The van der Waals surface area contributed by atoms with Gasteiger partial charge in [0.15, 0.2) is 0 Å². The van der Waals surface area contributed by atoms with Gasteiger partial charge in [0, 0.05) is 39.1 Å². The lowest BCUT2D eigenvalue weighted by Gasteiger charge is -2.29. The first-order chi connectivity index (χ1) is 13.4. The average molecular weight is 399 g/mol. The Morgan fingerprint density at radius 1 is 1.29 bits per heavy atom. The molecule has 2 unspecified atom stereocenters. The molecular formula is C20H38N4O4. The Kier molecular flexibility index (Phi) is 11.9. The summed E-state index contributed by atoms with van der Waals surface area (Å²) >= 11 is 0. The molecule has 0 bridgehead atoms. The summed E-state index contributed by atoms with van der Waals surface area (Å²) in [5.41, 5.74) is 0. The summed E-state index contributed by atoms with van der Waals surface area (Å²) in [5.74, 6) is -0.0350. The Hall–Kier alpha value is -1.51. The van der Waals surface area contributed by atoms with Gasteiger partial charge in [0.05, 0.1) is 19.1 Å². The molecule has 8 nitrogen and oxygen atoms in total. The number of amides is 3. The lowest BCUT2D eigenvalue weighted by molar-refractivity contribution is -0.134. The molecule has 1 aliphatic rings. The van der Waals surface area contributed by atoms with E-state index in [9.17, 15) is 14.4 Å². The number of Topliss-reactive ketones (excluding diaryl/α,β-unsaturated/α-hetero) is 1. The SMILES string of the molecule is CCOCCN(C(=O)NCCN(C)C)C(=O)C(CNC)CC1CCCC(=O)C1.